The molecule has 132 valence electrons. The number of hydrogen-bond donors (Lipinski definition) is 0. The molecule has 1 aromatic carbocycles. The number of hydrogen-bond acceptors (Lipinski definition) is 2. The molecule has 3 aliphatic rings. The van der Waals surface area contributed by atoms with E-state index in [1.807, 2.05) is 16.4 Å². The highest BCUT2D eigenvalue weighted by atomic mass is 32.2. The van der Waals surface area contributed by atoms with E-state index in [2.05, 4.69) is 12.1 Å². The summed E-state index contributed by atoms with van der Waals surface area (Å²) in [6, 6.07) is 8.73. The van der Waals surface area contributed by atoms with Crippen LogP contribution in [0.3, 0.4) is 0 Å². The molecule has 0 N–H and O–H groups in total. The molecule has 2 fully saturated rings. The maximum absolute atomic E-state index is 13.5. The van der Waals surface area contributed by atoms with E-state index < -0.39 is 10.2 Å². The predicted octanol–water partition coefficient (Wildman–Crippen LogP) is 3.48. The van der Waals surface area contributed by atoms with Crippen LogP contribution in [0.15, 0.2) is 24.3 Å². The van der Waals surface area contributed by atoms with Gasteiger partial charge in [-0.3, -0.25) is 0 Å². The van der Waals surface area contributed by atoms with E-state index in [0.29, 0.717) is 13.1 Å². The van der Waals surface area contributed by atoms with Crippen LogP contribution in [-0.4, -0.2) is 35.7 Å². The SMILES string of the molecule is O=S(=O)(N1CCc2ccccc2C1)N(C1CCCC1)C1CCCC1. The van der Waals surface area contributed by atoms with Crippen molar-refractivity contribution < 1.29 is 8.42 Å². The summed E-state index contributed by atoms with van der Waals surface area (Å²) in [6.07, 6.45) is 9.69. The largest absolute Gasteiger partial charge is 0.282 e. The van der Waals surface area contributed by atoms with E-state index in [1.165, 1.54) is 36.8 Å². The van der Waals surface area contributed by atoms with Crippen LogP contribution in [0, 0.1) is 0 Å². The van der Waals surface area contributed by atoms with Gasteiger partial charge in [-0.2, -0.15) is 17.0 Å². The summed E-state index contributed by atoms with van der Waals surface area (Å²) < 4.78 is 30.7. The highest BCUT2D eigenvalue weighted by Gasteiger charge is 2.42. The van der Waals surface area contributed by atoms with Crippen LogP contribution >= 0.6 is 0 Å². The third kappa shape index (κ3) is 3.02. The van der Waals surface area contributed by atoms with Crippen LogP contribution in [-0.2, 0) is 23.2 Å². The molecule has 0 saturated heterocycles. The van der Waals surface area contributed by atoms with Gasteiger partial charge in [-0.05, 0) is 43.2 Å². The monoisotopic (exact) mass is 348 g/mol. The van der Waals surface area contributed by atoms with Crippen molar-refractivity contribution in [3.63, 3.8) is 0 Å². The van der Waals surface area contributed by atoms with Gasteiger partial charge in [0.25, 0.3) is 10.2 Å². The van der Waals surface area contributed by atoms with E-state index in [0.717, 1.165) is 32.1 Å². The fraction of sp³-hybridized carbons (Fsp3) is 0.684. The summed E-state index contributed by atoms with van der Waals surface area (Å²) in [5.41, 5.74) is 2.47. The topological polar surface area (TPSA) is 40.6 Å². The first-order valence-corrected chi connectivity index (χ1v) is 10.9. The third-order valence-electron chi connectivity index (χ3n) is 6.06. The fourth-order valence-corrected chi connectivity index (χ4v) is 6.86. The van der Waals surface area contributed by atoms with Gasteiger partial charge >= 0.3 is 0 Å². The maximum atomic E-state index is 13.5. The van der Waals surface area contributed by atoms with Gasteiger partial charge in [0.05, 0.1) is 0 Å². The molecule has 1 aliphatic heterocycles. The van der Waals surface area contributed by atoms with Crippen molar-refractivity contribution in [2.75, 3.05) is 6.54 Å². The number of fused-ring (bicyclic) bond motifs is 1. The van der Waals surface area contributed by atoms with E-state index in [-0.39, 0.29) is 12.1 Å². The highest BCUT2D eigenvalue weighted by molar-refractivity contribution is 7.86. The molecule has 24 heavy (non-hydrogen) atoms. The Hall–Kier alpha value is -0.910. The molecule has 4 nitrogen and oxygen atoms in total. The van der Waals surface area contributed by atoms with Crippen molar-refractivity contribution in [3.8, 4) is 0 Å². The zero-order chi connectivity index (χ0) is 16.6. The minimum atomic E-state index is -3.37. The van der Waals surface area contributed by atoms with Crippen LogP contribution in [0.4, 0.5) is 0 Å². The molecule has 0 spiro atoms. The Bertz CT molecular complexity index is 660. The Balaban J connectivity index is 1.61. The molecule has 5 heteroatoms. The standard InChI is InChI=1S/C19H28N2O2S/c22-24(23,20-14-13-16-7-1-2-8-17(16)15-20)21(18-9-3-4-10-18)19-11-5-6-12-19/h1-2,7-8,18-19H,3-6,9-15H2. The lowest BCUT2D eigenvalue weighted by Gasteiger charge is -2.39. The van der Waals surface area contributed by atoms with Crippen molar-refractivity contribution in [3.05, 3.63) is 35.4 Å². The van der Waals surface area contributed by atoms with Crippen LogP contribution < -0.4 is 0 Å². The minimum Gasteiger partial charge on any atom is -0.195 e. The average molecular weight is 349 g/mol. The molecule has 0 unspecified atom stereocenters. The summed E-state index contributed by atoms with van der Waals surface area (Å²) in [7, 11) is -3.37. The van der Waals surface area contributed by atoms with E-state index in [1.54, 1.807) is 4.31 Å². The van der Waals surface area contributed by atoms with Crippen molar-refractivity contribution in [2.45, 2.75) is 76.4 Å². The molecule has 0 amide bonds. The highest BCUT2D eigenvalue weighted by Crippen LogP contribution is 2.35. The van der Waals surface area contributed by atoms with E-state index in [9.17, 15) is 8.42 Å². The van der Waals surface area contributed by atoms with E-state index in [4.69, 9.17) is 0 Å². The molecule has 2 aliphatic carbocycles. The second kappa shape index (κ2) is 6.77. The molecule has 0 atom stereocenters. The number of benzene rings is 1. The molecule has 0 bridgehead atoms. The number of nitrogens with zero attached hydrogens (tertiary/aromatic N) is 2. The van der Waals surface area contributed by atoms with Gasteiger partial charge in [-0.1, -0.05) is 49.9 Å². The van der Waals surface area contributed by atoms with Gasteiger partial charge in [0, 0.05) is 25.2 Å². The second-order valence-electron chi connectivity index (χ2n) is 7.57. The lowest BCUT2D eigenvalue weighted by atomic mass is 10.0. The Labute approximate surface area is 146 Å². The Kier molecular flexibility index (Phi) is 4.67. The third-order valence-corrected chi connectivity index (χ3v) is 8.15. The summed E-state index contributed by atoms with van der Waals surface area (Å²) >= 11 is 0. The van der Waals surface area contributed by atoms with E-state index >= 15 is 0 Å². The lowest BCUT2D eigenvalue weighted by Crippen LogP contribution is -2.52. The zero-order valence-corrected chi connectivity index (χ0v) is 15.2. The Morgan fingerprint density at radius 2 is 1.42 bits per heavy atom. The normalized spacial score (nSPS) is 23.9. The second-order valence-corrected chi connectivity index (χ2v) is 9.40. The molecular formula is C19H28N2O2S. The lowest BCUT2D eigenvalue weighted by molar-refractivity contribution is 0.224. The summed E-state index contributed by atoms with van der Waals surface area (Å²) in [5, 5.41) is 0. The van der Waals surface area contributed by atoms with Crippen molar-refractivity contribution >= 4 is 10.2 Å². The summed E-state index contributed by atoms with van der Waals surface area (Å²) in [5.74, 6) is 0. The first-order valence-electron chi connectivity index (χ1n) is 9.51. The first kappa shape index (κ1) is 16.6. The Morgan fingerprint density at radius 3 is 2.00 bits per heavy atom. The zero-order valence-electron chi connectivity index (χ0n) is 14.4. The fourth-order valence-electron chi connectivity index (χ4n) is 4.79. The molecular weight excluding hydrogens is 320 g/mol. The van der Waals surface area contributed by atoms with Crippen LogP contribution in [0.2, 0.25) is 0 Å². The van der Waals surface area contributed by atoms with Gasteiger partial charge in [-0.15, -0.1) is 0 Å². The quantitative estimate of drug-likeness (QED) is 0.836. The van der Waals surface area contributed by atoms with Gasteiger partial charge in [0.15, 0.2) is 0 Å². The van der Waals surface area contributed by atoms with Gasteiger partial charge in [0.1, 0.15) is 0 Å². The predicted molar refractivity (Wildman–Crippen MR) is 95.8 cm³/mol. The van der Waals surface area contributed by atoms with Gasteiger partial charge < -0.3 is 0 Å². The van der Waals surface area contributed by atoms with Crippen molar-refractivity contribution in [1.29, 1.82) is 0 Å². The molecule has 0 aromatic heterocycles. The molecule has 0 radical (unpaired) electrons. The molecule has 1 aromatic rings. The summed E-state index contributed by atoms with van der Waals surface area (Å²) in [4.78, 5) is 0. The average Bonchev–Trinajstić information content (AvgIpc) is 3.29. The van der Waals surface area contributed by atoms with Crippen molar-refractivity contribution in [2.24, 2.45) is 0 Å². The van der Waals surface area contributed by atoms with Gasteiger partial charge in [-0.25, -0.2) is 0 Å². The van der Waals surface area contributed by atoms with Crippen LogP contribution in [0.5, 0.6) is 0 Å². The minimum absolute atomic E-state index is 0.232. The van der Waals surface area contributed by atoms with Crippen molar-refractivity contribution in [1.82, 2.24) is 8.61 Å². The Morgan fingerprint density at radius 1 is 0.875 bits per heavy atom. The summed E-state index contributed by atoms with van der Waals surface area (Å²) in [6.45, 7) is 1.16. The maximum Gasteiger partial charge on any atom is 0.282 e. The molecule has 1 heterocycles. The molecule has 2 saturated carbocycles. The van der Waals surface area contributed by atoms with Crippen LogP contribution in [0.1, 0.15) is 62.5 Å². The molecule has 4 rings (SSSR count). The smallest absolute Gasteiger partial charge is 0.195 e. The first-order chi connectivity index (χ1) is 11.7. The van der Waals surface area contributed by atoms with Gasteiger partial charge in [0.2, 0.25) is 0 Å². The number of rotatable bonds is 4. The van der Waals surface area contributed by atoms with Crippen LogP contribution in [0.25, 0.3) is 0 Å².